The summed E-state index contributed by atoms with van der Waals surface area (Å²) in [5, 5.41) is 13.6. The smallest absolute Gasteiger partial charge is 0.387 e. The van der Waals surface area contributed by atoms with Gasteiger partial charge in [0.2, 0.25) is 5.91 Å². The molecule has 0 spiro atoms. The fourth-order valence-corrected chi connectivity index (χ4v) is 8.56. The maximum Gasteiger partial charge on any atom is 0.472 e. The molecule has 0 saturated carbocycles. The van der Waals surface area contributed by atoms with Crippen LogP contribution in [0.5, 0.6) is 0 Å². The molecule has 0 aromatic heterocycles. The topological polar surface area (TPSA) is 105 Å². The summed E-state index contributed by atoms with van der Waals surface area (Å²) in [4.78, 5) is 22.9. The van der Waals surface area contributed by atoms with E-state index in [2.05, 4.69) is 43.5 Å². The number of unbranched alkanes of at least 4 members (excludes halogenated alkanes) is 32. The molecule has 0 rings (SSSR count). The van der Waals surface area contributed by atoms with Crippen LogP contribution in [0.1, 0.15) is 251 Å². The molecule has 0 aliphatic rings. The first-order valence-electron chi connectivity index (χ1n) is 26.9. The molecule has 0 fully saturated rings. The second-order valence-electron chi connectivity index (χ2n) is 19.6. The molecule has 3 N–H and O–H groups in total. The minimum atomic E-state index is -4.32. The van der Waals surface area contributed by atoms with Crippen LogP contribution in [0.3, 0.4) is 0 Å². The largest absolute Gasteiger partial charge is 0.472 e. The van der Waals surface area contributed by atoms with E-state index in [4.69, 9.17) is 9.05 Å². The minimum Gasteiger partial charge on any atom is -0.387 e. The molecular formula is C54H106N2O6P+. The number of allylic oxidation sites excluding steroid dienone is 5. The van der Waals surface area contributed by atoms with E-state index in [1.807, 2.05) is 27.2 Å². The van der Waals surface area contributed by atoms with Gasteiger partial charge in [0.05, 0.1) is 39.9 Å². The van der Waals surface area contributed by atoms with Crippen LogP contribution >= 0.6 is 7.82 Å². The highest BCUT2D eigenvalue weighted by molar-refractivity contribution is 7.47. The molecular weight excluding hydrogens is 804 g/mol. The van der Waals surface area contributed by atoms with Gasteiger partial charge in [-0.25, -0.2) is 4.57 Å². The number of phosphoric ester groups is 1. The van der Waals surface area contributed by atoms with Gasteiger partial charge in [-0.1, -0.05) is 237 Å². The highest BCUT2D eigenvalue weighted by atomic mass is 31.2. The van der Waals surface area contributed by atoms with Crippen LogP contribution in [0.25, 0.3) is 0 Å². The summed E-state index contributed by atoms with van der Waals surface area (Å²) < 4.78 is 23.3. The number of quaternary nitrogens is 1. The number of nitrogens with one attached hydrogen (secondary N) is 1. The molecule has 372 valence electrons. The molecule has 0 aromatic carbocycles. The van der Waals surface area contributed by atoms with Crippen molar-refractivity contribution in [2.24, 2.45) is 0 Å². The molecule has 0 aliphatic heterocycles. The highest BCUT2D eigenvalue weighted by Gasteiger charge is 2.27. The van der Waals surface area contributed by atoms with E-state index in [1.165, 1.54) is 186 Å². The van der Waals surface area contributed by atoms with Crippen molar-refractivity contribution in [3.63, 3.8) is 0 Å². The molecule has 63 heavy (non-hydrogen) atoms. The molecule has 8 nitrogen and oxygen atoms in total. The minimum absolute atomic E-state index is 0.0617. The van der Waals surface area contributed by atoms with E-state index in [1.54, 1.807) is 6.08 Å². The molecule has 1 amide bonds. The van der Waals surface area contributed by atoms with E-state index >= 15 is 0 Å². The summed E-state index contributed by atoms with van der Waals surface area (Å²) in [6.45, 7) is 4.66. The molecule has 3 unspecified atom stereocenters. The first-order chi connectivity index (χ1) is 30.5. The van der Waals surface area contributed by atoms with Crippen molar-refractivity contribution < 1.29 is 32.9 Å². The van der Waals surface area contributed by atoms with Gasteiger partial charge in [-0.05, 0) is 44.9 Å². The van der Waals surface area contributed by atoms with Gasteiger partial charge in [0.25, 0.3) is 0 Å². The first-order valence-corrected chi connectivity index (χ1v) is 28.4. The third kappa shape index (κ3) is 48.5. The van der Waals surface area contributed by atoms with Crippen LogP contribution in [0.4, 0.5) is 0 Å². The van der Waals surface area contributed by atoms with Gasteiger partial charge in [-0.2, -0.15) is 0 Å². The highest BCUT2D eigenvalue weighted by Crippen LogP contribution is 2.43. The number of likely N-dealkylation sites (N-methyl/N-ethyl adjacent to an activating group) is 1. The van der Waals surface area contributed by atoms with Crippen LogP contribution in [-0.2, 0) is 18.4 Å². The Morgan fingerprint density at radius 1 is 0.540 bits per heavy atom. The fraction of sp³-hybridized carbons (Fsp3) is 0.870. The van der Waals surface area contributed by atoms with Crippen molar-refractivity contribution in [3.8, 4) is 0 Å². The number of hydrogen-bond acceptors (Lipinski definition) is 5. The Bertz CT molecular complexity index is 1120. The average molecular weight is 910 g/mol. The predicted octanol–water partition coefficient (Wildman–Crippen LogP) is 15.8. The molecule has 0 aromatic rings. The summed E-state index contributed by atoms with van der Waals surface area (Å²) in [7, 11) is 1.57. The summed E-state index contributed by atoms with van der Waals surface area (Å²) >= 11 is 0. The van der Waals surface area contributed by atoms with Crippen LogP contribution < -0.4 is 5.32 Å². The average Bonchev–Trinajstić information content (AvgIpc) is 3.24. The maximum atomic E-state index is 12.8. The van der Waals surface area contributed by atoms with E-state index in [9.17, 15) is 19.4 Å². The Kier molecular flexibility index (Phi) is 44.9. The van der Waals surface area contributed by atoms with Crippen LogP contribution in [0.2, 0.25) is 0 Å². The fourth-order valence-electron chi connectivity index (χ4n) is 7.82. The maximum absolute atomic E-state index is 12.8. The van der Waals surface area contributed by atoms with Crippen molar-refractivity contribution in [2.45, 2.75) is 264 Å². The van der Waals surface area contributed by atoms with Gasteiger partial charge >= 0.3 is 7.82 Å². The molecule has 9 heteroatoms. The number of amides is 1. The third-order valence-corrected chi connectivity index (χ3v) is 13.1. The zero-order valence-corrected chi connectivity index (χ0v) is 43.2. The molecule has 3 atom stereocenters. The Morgan fingerprint density at radius 2 is 0.921 bits per heavy atom. The quantitative estimate of drug-likeness (QED) is 0.0243. The zero-order chi connectivity index (χ0) is 46.4. The van der Waals surface area contributed by atoms with Crippen LogP contribution in [0.15, 0.2) is 36.5 Å². The Labute approximate surface area is 391 Å². The third-order valence-electron chi connectivity index (χ3n) is 12.1. The molecule has 0 radical (unpaired) electrons. The Morgan fingerprint density at radius 3 is 1.33 bits per heavy atom. The second-order valence-corrected chi connectivity index (χ2v) is 21.1. The summed E-state index contributed by atoms with van der Waals surface area (Å²) in [6.07, 6.45) is 59.1. The SMILES string of the molecule is CCCC/C=C/C(O)C(COP(=O)(O)OCC[N+](C)(C)C)NC(=O)CCCCCCCCCCCCCCCCCCCCCCCCCCC/C=C\C/C=C\CCCCCCC. The van der Waals surface area contributed by atoms with Crippen molar-refractivity contribution in [2.75, 3.05) is 40.9 Å². The van der Waals surface area contributed by atoms with Crippen molar-refractivity contribution >= 4 is 13.7 Å². The summed E-state index contributed by atoms with van der Waals surface area (Å²) in [5.74, 6) is -0.183. The van der Waals surface area contributed by atoms with Gasteiger partial charge in [0, 0.05) is 6.42 Å². The number of hydrogen-bond donors (Lipinski definition) is 3. The first kappa shape index (κ1) is 61.7. The second kappa shape index (κ2) is 45.9. The monoisotopic (exact) mass is 910 g/mol. The van der Waals surface area contributed by atoms with E-state index in [0.29, 0.717) is 17.4 Å². The van der Waals surface area contributed by atoms with Crippen molar-refractivity contribution in [3.05, 3.63) is 36.5 Å². The van der Waals surface area contributed by atoms with Crippen molar-refractivity contribution in [1.29, 1.82) is 0 Å². The lowest BCUT2D eigenvalue weighted by Crippen LogP contribution is -2.45. The lowest BCUT2D eigenvalue weighted by atomic mass is 10.0. The number of nitrogens with zero attached hydrogens (tertiary/aromatic N) is 1. The number of phosphoric acid groups is 1. The lowest BCUT2D eigenvalue weighted by molar-refractivity contribution is -0.870. The van der Waals surface area contributed by atoms with E-state index in [-0.39, 0.29) is 19.1 Å². The normalized spacial score (nSPS) is 14.3. The number of carbonyl (C=O) groups is 1. The standard InChI is InChI=1S/C54H105N2O6P/c1-6-8-10-12-13-14-15-16-17-18-19-20-21-22-23-24-25-26-27-28-29-30-31-32-33-34-35-36-37-38-39-40-41-42-43-44-46-48-54(58)55-52(53(57)47-45-11-9-7-2)51-62-63(59,60)61-50-49-56(3,4)5/h15-16,18-19,45,47,52-53,57H,6-14,17,20-44,46,48-51H2,1-5H3,(H-,55,58,59,60)/p+1/b16-15-,19-18-,47-45+. The van der Waals surface area contributed by atoms with Gasteiger partial charge in [-0.15, -0.1) is 0 Å². The molecule has 0 heterocycles. The zero-order valence-electron chi connectivity index (χ0n) is 42.3. The summed E-state index contributed by atoms with van der Waals surface area (Å²) in [5.41, 5.74) is 0. The predicted molar refractivity (Wildman–Crippen MR) is 272 cm³/mol. The van der Waals surface area contributed by atoms with Crippen LogP contribution in [-0.4, -0.2) is 73.4 Å². The van der Waals surface area contributed by atoms with E-state index < -0.39 is 20.0 Å². The number of aliphatic hydroxyl groups excluding tert-OH is 1. The lowest BCUT2D eigenvalue weighted by Gasteiger charge is -2.25. The number of aliphatic hydroxyl groups is 1. The molecule has 0 bridgehead atoms. The molecule has 0 aliphatic carbocycles. The van der Waals surface area contributed by atoms with E-state index in [0.717, 1.165) is 44.9 Å². The van der Waals surface area contributed by atoms with Crippen molar-refractivity contribution in [1.82, 2.24) is 5.32 Å². The summed E-state index contributed by atoms with van der Waals surface area (Å²) in [6, 6.07) is -0.839. The van der Waals surface area contributed by atoms with Gasteiger partial charge in [-0.3, -0.25) is 13.8 Å². The van der Waals surface area contributed by atoms with Crippen LogP contribution in [0, 0.1) is 0 Å². The van der Waals surface area contributed by atoms with Gasteiger partial charge in [0.15, 0.2) is 0 Å². The van der Waals surface area contributed by atoms with Gasteiger partial charge in [0.1, 0.15) is 13.2 Å². The number of carbonyl (C=O) groups excluding carboxylic acids is 1. The number of rotatable bonds is 49. The Balaban J connectivity index is 3.66. The Hall–Kier alpha value is -1.28. The molecule has 0 saturated heterocycles. The van der Waals surface area contributed by atoms with Gasteiger partial charge < -0.3 is 19.8 Å².